The highest BCUT2D eigenvalue weighted by atomic mass is 16.2. The summed E-state index contributed by atoms with van der Waals surface area (Å²) in [5.74, 6) is 0.445. The zero-order valence-electron chi connectivity index (χ0n) is 16.7. The van der Waals surface area contributed by atoms with Crippen LogP contribution in [0.4, 0.5) is 10.5 Å². The number of hydrogen-bond acceptors (Lipinski definition) is 2. The lowest BCUT2D eigenvalue weighted by atomic mass is 9.92. The smallest absolute Gasteiger partial charge is 0.321 e. The number of hydrogen-bond donors (Lipinski definition) is 1. The number of nitrogens with one attached hydrogen (secondary N) is 1. The third-order valence-corrected chi connectivity index (χ3v) is 5.60. The molecule has 3 rings (SSSR count). The average molecular weight is 366 g/mol. The van der Waals surface area contributed by atoms with Gasteiger partial charge in [0.15, 0.2) is 0 Å². The number of piperidine rings is 1. The van der Waals surface area contributed by atoms with Gasteiger partial charge in [-0.2, -0.15) is 0 Å². The van der Waals surface area contributed by atoms with E-state index in [4.69, 9.17) is 0 Å². The zero-order chi connectivity index (χ0) is 19.2. The van der Waals surface area contributed by atoms with Gasteiger partial charge in [-0.15, -0.1) is 0 Å². The van der Waals surface area contributed by atoms with Gasteiger partial charge in [0, 0.05) is 38.4 Å². The average Bonchev–Trinajstić information content (AvgIpc) is 2.68. The highest BCUT2D eigenvalue weighted by molar-refractivity contribution is 5.89. The van der Waals surface area contributed by atoms with Crippen molar-refractivity contribution in [2.75, 3.05) is 25.5 Å². The molecule has 1 aliphatic heterocycles. The topological polar surface area (TPSA) is 35.6 Å². The van der Waals surface area contributed by atoms with E-state index < -0.39 is 0 Å². The molecule has 2 amide bonds. The summed E-state index contributed by atoms with van der Waals surface area (Å²) in [5, 5.41) is 3.06. The van der Waals surface area contributed by atoms with Gasteiger partial charge in [-0.25, -0.2) is 4.79 Å². The number of likely N-dealkylation sites (tertiary alicyclic amines) is 1. The molecule has 4 nitrogen and oxygen atoms in total. The van der Waals surface area contributed by atoms with E-state index >= 15 is 0 Å². The van der Waals surface area contributed by atoms with E-state index in [0.29, 0.717) is 5.92 Å². The third kappa shape index (κ3) is 5.10. The SMILES string of the molecule is CCc1cccc(NC(=O)N(C)[C@@H]2CCN(Cc3ccccc3)C[C@H]2C)c1. The second kappa shape index (κ2) is 9.05. The standard InChI is InChI=1S/C23H31N3O/c1-4-19-11-8-12-21(15-19)24-23(27)25(3)22-13-14-26(16-18(22)2)17-20-9-6-5-7-10-20/h5-12,15,18,22H,4,13-14,16-17H2,1-3H3,(H,24,27)/t18-,22-/m1/s1. The molecule has 1 aliphatic rings. The van der Waals surface area contributed by atoms with Crippen LogP contribution < -0.4 is 5.32 Å². The summed E-state index contributed by atoms with van der Waals surface area (Å²) >= 11 is 0. The molecule has 0 aliphatic carbocycles. The van der Waals surface area contributed by atoms with Gasteiger partial charge in [0.2, 0.25) is 0 Å². The molecule has 144 valence electrons. The summed E-state index contributed by atoms with van der Waals surface area (Å²) < 4.78 is 0. The van der Waals surface area contributed by atoms with Crippen LogP contribution in [0.1, 0.15) is 31.4 Å². The molecule has 27 heavy (non-hydrogen) atoms. The van der Waals surface area contributed by atoms with Crippen LogP contribution in [-0.4, -0.2) is 42.0 Å². The fourth-order valence-corrected chi connectivity index (χ4v) is 4.01. The first kappa shape index (κ1) is 19.4. The Bertz CT molecular complexity index is 746. The van der Waals surface area contributed by atoms with Gasteiger partial charge >= 0.3 is 6.03 Å². The lowest BCUT2D eigenvalue weighted by Crippen LogP contribution is -2.51. The molecule has 1 saturated heterocycles. The molecular formula is C23H31N3O. The largest absolute Gasteiger partial charge is 0.324 e. The van der Waals surface area contributed by atoms with Crippen molar-refractivity contribution < 1.29 is 4.79 Å². The zero-order valence-corrected chi connectivity index (χ0v) is 16.7. The van der Waals surface area contributed by atoms with Crippen LogP contribution in [0.5, 0.6) is 0 Å². The number of urea groups is 1. The molecule has 2 atom stereocenters. The highest BCUT2D eigenvalue weighted by Gasteiger charge is 2.31. The molecule has 0 aromatic heterocycles. The van der Waals surface area contributed by atoms with Crippen molar-refractivity contribution >= 4 is 11.7 Å². The number of aryl methyl sites for hydroxylation is 1. The number of amides is 2. The maximum atomic E-state index is 12.7. The van der Waals surface area contributed by atoms with Gasteiger partial charge in [-0.3, -0.25) is 4.90 Å². The molecule has 1 heterocycles. The van der Waals surface area contributed by atoms with E-state index in [9.17, 15) is 4.79 Å². The number of carbonyl (C=O) groups is 1. The maximum absolute atomic E-state index is 12.7. The highest BCUT2D eigenvalue weighted by Crippen LogP contribution is 2.23. The van der Waals surface area contributed by atoms with Crippen molar-refractivity contribution in [1.82, 2.24) is 9.80 Å². The van der Waals surface area contributed by atoms with Crippen LogP contribution in [0.25, 0.3) is 0 Å². The summed E-state index contributed by atoms with van der Waals surface area (Å²) in [5.41, 5.74) is 3.46. The first-order chi connectivity index (χ1) is 13.1. The Balaban J connectivity index is 1.55. The molecule has 0 unspecified atom stereocenters. The van der Waals surface area contributed by atoms with Gasteiger partial charge in [0.25, 0.3) is 0 Å². The number of carbonyl (C=O) groups excluding carboxylic acids is 1. The van der Waals surface area contributed by atoms with Crippen molar-refractivity contribution in [3.8, 4) is 0 Å². The minimum atomic E-state index is -0.0170. The van der Waals surface area contributed by atoms with E-state index in [1.54, 1.807) is 0 Å². The monoisotopic (exact) mass is 365 g/mol. The van der Waals surface area contributed by atoms with E-state index in [1.165, 1.54) is 11.1 Å². The van der Waals surface area contributed by atoms with Gasteiger partial charge in [0.1, 0.15) is 0 Å². The van der Waals surface area contributed by atoms with Crippen molar-refractivity contribution in [3.63, 3.8) is 0 Å². The van der Waals surface area contributed by atoms with Crippen molar-refractivity contribution in [3.05, 3.63) is 65.7 Å². The Kier molecular flexibility index (Phi) is 6.51. The quantitative estimate of drug-likeness (QED) is 0.839. The van der Waals surface area contributed by atoms with E-state index in [0.717, 1.165) is 38.2 Å². The third-order valence-electron chi connectivity index (χ3n) is 5.60. The lowest BCUT2D eigenvalue weighted by molar-refractivity contribution is 0.0933. The van der Waals surface area contributed by atoms with Crippen LogP contribution in [0, 0.1) is 5.92 Å². The van der Waals surface area contributed by atoms with Gasteiger partial charge in [0.05, 0.1) is 0 Å². The molecular weight excluding hydrogens is 334 g/mol. The summed E-state index contributed by atoms with van der Waals surface area (Å²) in [6.07, 6.45) is 1.98. The summed E-state index contributed by atoms with van der Waals surface area (Å²) in [7, 11) is 1.92. The first-order valence-corrected chi connectivity index (χ1v) is 9.96. The minimum Gasteiger partial charge on any atom is -0.324 e. The number of nitrogens with zero attached hydrogens (tertiary/aromatic N) is 2. The Hall–Kier alpha value is -2.33. The molecule has 2 aromatic rings. The Morgan fingerprint density at radius 1 is 1.15 bits per heavy atom. The molecule has 2 aromatic carbocycles. The normalized spacial score (nSPS) is 20.3. The first-order valence-electron chi connectivity index (χ1n) is 9.96. The predicted octanol–water partition coefficient (Wildman–Crippen LogP) is 4.62. The van der Waals surface area contributed by atoms with E-state index in [-0.39, 0.29) is 12.1 Å². The van der Waals surface area contributed by atoms with E-state index in [2.05, 4.69) is 66.5 Å². The molecule has 0 bridgehead atoms. The summed E-state index contributed by atoms with van der Waals surface area (Å²) in [6, 6.07) is 19.0. The molecule has 1 N–H and O–H groups in total. The second-order valence-corrected chi connectivity index (χ2v) is 7.65. The molecule has 0 saturated carbocycles. The van der Waals surface area contributed by atoms with Crippen molar-refractivity contribution in [1.29, 1.82) is 0 Å². The van der Waals surface area contributed by atoms with Gasteiger partial charge in [-0.05, 0) is 42.0 Å². The summed E-state index contributed by atoms with van der Waals surface area (Å²) in [4.78, 5) is 17.1. The fourth-order valence-electron chi connectivity index (χ4n) is 4.01. The van der Waals surface area contributed by atoms with Crippen LogP contribution in [0.3, 0.4) is 0 Å². The molecule has 4 heteroatoms. The van der Waals surface area contributed by atoms with Gasteiger partial charge in [-0.1, -0.05) is 56.3 Å². The van der Waals surface area contributed by atoms with Crippen LogP contribution in [0.15, 0.2) is 54.6 Å². The minimum absolute atomic E-state index is 0.0170. The predicted molar refractivity (Wildman–Crippen MR) is 112 cm³/mol. The Morgan fingerprint density at radius 3 is 2.59 bits per heavy atom. The van der Waals surface area contributed by atoms with Crippen LogP contribution in [-0.2, 0) is 13.0 Å². The Labute approximate surface area is 163 Å². The van der Waals surface area contributed by atoms with Crippen molar-refractivity contribution in [2.24, 2.45) is 5.92 Å². The van der Waals surface area contributed by atoms with Crippen molar-refractivity contribution in [2.45, 2.75) is 39.3 Å². The second-order valence-electron chi connectivity index (χ2n) is 7.65. The van der Waals surface area contributed by atoms with Crippen LogP contribution >= 0.6 is 0 Å². The number of anilines is 1. The fraction of sp³-hybridized carbons (Fsp3) is 0.435. The van der Waals surface area contributed by atoms with Crippen LogP contribution in [0.2, 0.25) is 0 Å². The molecule has 1 fully saturated rings. The number of benzene rings is 2. The van der Waals surface area contributed by atoms with E-state index in [1.807, 2.05) is 24.1 Å². The molecule has 0 radical (unpaired) electrons. The van der Waals surface area contributed by atoms with Gasteiger partial charge < -0.3 is 10.2 Å². The maximum Gasteiger partial charge on any atom is 0.321 e. The molecule has 0 spiro atoms. The summed E-state index contributed by atoms with van der Waals surface area (Å²) in [6.45, 7) is 7.40. The lowest BCUT2D eigenvalue weighted by Gasteiger charge is -2.41. The Morgan fingerprint density at radius 2 is 1.89 bits per heavy atom. The number of rotatable bonds is 5.